The fourth-order valence-corrected chi connectivity index (χ4v) is 4.34. The first-order valence-corrected chi connectivity index (χ1v) is 10.3. The average Bonchev–Trinajstić information content (AvgIpc) is 3.22. The summed E-state index contributed by atoms with van der Waals surface area (Å²) >= 11 is 0. The van der Waals surface area contributed by atoms with E-state index in [1.807, 2.05) is 9.80 Å². The second kappa shape index (κ2) is 8.28. The summed E-state index contributed by atoms with van der Waals surface area (Å²) in [4.78, 5) is 44.3. The molecular weight excluding hydrogens is 360 g/mol. The first kappa shape index (κ1) is 18.9. The average molecular weight is 388 g/mol. The first-order chi connectivity index (χ1) is 13.6. The van der Waals surface area contributed by atoms with E-state index in [2.05, 4.69) is 15.4 Å². The predicted molar refractivity (Wildman–Crippen MR) is 99.7 cm³/mol. The van der Waals surface area contributed by atoms with Crippen molar-refractivity contribution in [3.8, 4) is 0 Å². The Morgan fingerprint density at radius 1 is 0.964 bits per heavy atom. The molecule has 3 aliphatic rings. The van der Waals surface area contributed by atoms with Gasteiger partial charge in [-0.1, -0.05) is 0 Å². The van der Waals surface area contributed by atoms with Crippen LogP contribution in [0.5, 0.6) is 0 Å². The molecule has 2 atom stereocenters. The van der Waals surface area contributed by atoms with Crippen molar-refractivity contribution in [2.24, 2.45) is 17.8 Å². The van der Waals surface area contributed by atoms with Crippen LogP contribution in [-0.2, 0) is 20.9 Å². The van der Waals surface area contributed by atoms with E-state index < -0.39 is 0 Å². The molecule has 3 amide bonds. The Bertz CT molecular complexity index is 717. The minimum Gasteiger partial charge on any atom is -0.347 e. The van der Waals surface area contributed by atoms with Gasteiger partial charge in [-0.15, -0.1) is 0 Å². The molecule has 1 aliphatic carbocycles. The summed E-state index contributed by atoms with van der Waals surface area (Å²) in [5.41, 5.74) is 0. The summed E-state index contributed by atoms with van der Waals surface area (Å²) in [5, 5.41) is 6.77. The number of likely N-dealkylation sites (tertiary alicyclic amines) is 2. The highest BCUT2D eigenvalue weighted by atomic mass is 16.2. The minimum atomic E-state index is 0.00595. The molecule has 0 bridgehead atoms. The third-order valence-electron chi connectivity index (χ3n) is 6.18. The van der Waals surface area contributed by atoms with E-state index in [0.29, 0.717) is 11.8 Å². The fraction of sp³-hybridized carbons (Fsp3) is 0.737. The molecule has 1 N–H and O–H groups in total. The molecule has 1 aromatic heterocycles. The number of amides is 3. The fourth-order valence-electron chi connectivity index (χ4n) is 4.34. The van der Waals surface area contributed by atoms with Gasteiger partial charge in [0.25, 0.3) is 0 Å². The van der Waals surface area contributed by atoms with E-state index in [1.54, 1.807) is 11.0 Å². The highest BCUT2D eigenvalue weighted by molar-refractivity contribution is 5.87. The number of carbonyl (C=O) groups is 3. The molecule has 28 heavy (non-hydrogen) atoms. The van der Waals surface area contributed by atoms with E-state index in [9.17, 15) is 14.4 Å². The normalized spacial score (nSPS) is 25.0. The quantitative estimate of drug-likeness (QED) is 0.733. The van der Waals surface area contributed by atoms with Crippen molar-refractivity contribution in [2.75, 3.05) is 32.7 Å². The van der Waals surface area contributed by atoms with Crippen molar-refractivity contribution in [1.29, 1.82) is 0 Å². The number of piperidine rings is 1. The van der Waals surface area contributed by atoms with Gasteiger partial charge in [-0.05, 0) is 43.9 Å². The number of nitrogens with one attached hydrogen (secondary N) is 1. The lowest BCUT2D eigenvalue weighted by Crippen LogP contribution is -2.44. The Hall–Kier alpha value is -2.45. The van der Waals surface area contributed by atoms with Gasteiger partial charge in [0.05, 0.1) is 6.54 Å². The van der Waals surface area contributed by atoms with Gasteiger partial charge in [-0.25, -0.2) is 9.67 Å². The maximum Gasteiger partial charge on any atom is 0.244 e. The Kier molecular flexibility index (Phi) is 5.59. The summed E-state index contributed by atoms with van der Waals surface area (Å²) in [6.07, 6.45) is 7.94. The summed E-state index contributed by atoms with van der Waals surface area (Å²) in [6.45, 7) is 3.34. The lowest BCUT2D eigenvalue weighted by molar-refractivity contribution is -0.134. The summed E-state index contributed by atoms with van der Waals surface area (Å²) < 4.78 is 1.55. The molecule has 9 nitrogen and oxygen atoms in total. The zero-order chi connectivity index (χ0) is 19.5. The van der Waals surface area contributed by atoms with Crippen LogP contribution in [0.25, 0.3) is 0 Å². The minimum absolute atomic E-state index is 0.00595. The molecule has 9 heteroatoms. The van der Waals surface area contributed by atoms with Crippen molar-refractivity contribution in [2.45, 2.75) is 38.6 Å². The third kappa shape index (κ3) is 4.51. The molecule has 4 rings (SSSR count). The largest absolute Gasteiger partial charge is 0.347 e. The highest BCUT2D eigenvalue weighted by Crippen LogP contribution is 2.31. The van der Waals surface area contributed by atoms with Crippen LogP contribution in [-0.4, -0.2) is 75.0 Å². The number of hydrogen-bond acceptors (Lipinski definition) is 5. The van der Waals surface area contributed by atoms with Gasteiger partial charge in [0.2, 0.25) is 17.7 Å². The topological polar surface area (TPSA) is 100 Å². The van der Waals surface area contributed by atoms with Crippen molar-refractivity contribution in [3.05, 3.63) is 12.7 Å². The smallest absolute Gasteiger partial charge is 0.244 e. The molecule has 152 valence electrons. The maximum atomic E-state index is 12.5. The number of carbonyl (C=O) groups excluding carboxylic acids is 3. The number of hydrogen-bond donors (Lipinski definition) is 1. The summed E-state index contributed by atoms with van der Waals surface area (Å²) in [6, 6.07) is 0. The number of rotatable bonds is 6. The second-order valence-electron chi connectivity index (χ2n) is 8.22. The molecular formula is C19H28N6O3. The molecule has 1 saturated carbocycles. The number of nitrogens with zero attached hydrogens (tertiary/aromatic N) is 5. The van der Waals surface area contributed by atoms with Crippen LogP contribution in [0, 0.1) is 17.8 Å². The van der Waals surface area contributed by atoms with Crippen LogP contribution in [0.2, 0.25) is 0 Å². The van der Waals surface area contributed by atoms with E-state index >= 15 is 0 Å². The molecule has 2 aliphatic heterocycles. The first-order valence-electron chi connectivity index (χ1n) is 10.3. The van der Waals surface area contributed by atoms with Crippen molar-refractivity contribution >= 4 is 17.7 Å². The molecule has 3 heterocycles. The molecule has 0 spiro atoms. The zero-order valence-corrected chi connectivity index (χ0v) is 16.1. The molecule has 2 saturated heterocycles. The van der Waals surface area contributed by atoms with Crippen LogP contribution in [0.4, 0.5) is 0 Å². The van der Waals surface area contributed by atoms with E-state index in [1.165, 1.54) is 6.33 Å². The summed E-state index contributed by atoms with van der Waals surface area (Å²) in [5.74, 6) is 1.06. The Balaban J connectivity index is 1.24. The molecule has 1 aromatic rings. The number of aromatic nitrogens is 3. The van der Waals surface area contributed by atoms with Gasteiger partial charge in [0, 0.05) is 32.1 Å². The van der Waals surface area contributed by atoms with Crippen LogP contribution in [0.3, 0.4) is 0 Å². The maximum absolute atomic E-state index is 12.5. The van der Waals surface area contributed by atoms with Crippen molar-refractivity contribution < 1.29 is 14.4 Å². The van der Waals surface area contributed by atoms with E-state index in [-0.39, 0.29) is 36.7 Å². The summed E-state index contributed by atoms with van der Waals surface area (Å²) in [7, 11) is 0. The van der Waals surface area contributed by atoms with Crippen LogP contribution >= 0.6 is 0 Å². The van der Waals surface area contributed by atoms with Gasteiger partial charge in [-0.3, -0.25) is 14.4 Å². The Morgan fingerprint density at radius 3 is 2.43 bits per heavy atom. The Labute approximate surface area is 164 Å². The zero-order valence-electron chi connectivity index (χ0n) is 16.1. The SMILES string of the molecule is O=C(NCC(=O)N1CCC(C2CCCN(C(=O)Cn3cncn3)C2)C1)C1CC1. The predicted octanol–water partition coefficient (Wildman–Crippen LogP) is -0.109. The molecule has 0 radical (unpaired) electrons. The van der Waals surface area contributed by atoms with Crippen LogP contribution in [0.1, 0.15) is 32.1 Å². The standard InChI is InChI=1S/C19H28N6O3/c26-17(8-21-19(28)14-3-4-14)24-7-5-16(10-24)15-2-1-6-23(9-15)18(27)11-25-13-20-12-22-25/h12-16H,1-11H2,(H,21,28). The van der Waals surface area contributed by atoms with Crippen molar-refractivity contribution in [3.63, 3.8) is 0 Å². The Morgan fingerprint density at radius 2 is 1.71 bits per heavy atom. The molecule has 2 unspecified atom stereocenters. The second-order valence-corrected chi connectivity index (χ2v) is 8.22. The lowest BCUT2D eigenvalue weighted by Gasteiger charge is -2.35. The van der Waals surface area contributed by atoms with E-state index in [0.717, 1.165) is 58.3 Å². The van der Waals surface area contributed by atoms with Gasteiger partial charge in [0.1, 0.15) is 19.2 Å². The highest BCUT2D eigenvalue weighted by Gasteiger charge is 2.36. The monoisotopic (exact) mass is 388 g/mol. The van der Waals surface area contributed by atoms with Gasteiger partial charge in [-0.2, -0.15) is 5.10 Å². The lowest BCUT2D eigenvalue weighted by atomic mass is 9.85. The molecule has 0 aromatic carbocycles. The van der Waals surface area contributed by atoms with Gasteiger partial charge < -0.3 is 15.1 Å². The van der Waals surface area contributed by atoms with Gasteiger partial charge in [0.15, 0.2) is 0 Å². The van der Waals surface area contributed by atoms with Crippen LogP contribution in [0.15, 0.2) is 12.7 Å². The van der Waals surface area contributed by atoms with Crippen molar-refractivity contribution in [1.82, 2.24) is 29.9 Å². The molecule has 3 fully saturated rings. The van der Waals surface area contributed by atoms with Crippen LogP contribution < -0.4 is 5.32 Å². The van der Waals surface area contributed by atoms with E-state index in [4.69, 9.17) is 0 Å². The third-order valence-corrected chi connectivity index (χ3v) is 6.18. The van der Waals surface area contributed by atoms with Gasteiger partial charge >= 0.3 is 0 Å².